The molecule has 6 rings (SSSR count). The number of anilines is 1. The zero-order valence-electron chi connectivity index (χ0n) is 29.0. The monoisotopic (exact) mass is 765 g/mol. The van der Waals surface area contributed by atoms with Gasteiger partial charge in [0.2, 0.25) is 11.8 Å². The van der Waals surface area contributed by atoms with Crippen LogP contribution >= 0.6 is 46.5 Å². The van der Waals surface area contributed by atoms with Crippen molar-refractivity contribution in [2.75, 3.05) is 18.4 Å². The van der Waals surface area contributed by atoms with E-state index >= 15 is 0 Å². The minimum absolute atomic E-state index is 0.00449. The van der Waals surface area contributed by atoms with Gasteiger partial charge < -0.3 is 10.1 Å². The number of amides is 3. The number of carbonyl (C=O) groups is 3. The Bertz CT molecular complexity index is 1910. The van der Waals surface area contributed by atoms with Crippen molar-refractivity contribution >= 4 is 70.1 Å². The molecule has 3 aromatic carbocycles. The van der Waals surface area contributed by atoms with Gasteiger partial charge in [-0.15, -0.1) is 11.3 Å². The van der Waals surface area contributed by atoms with Crippen LogP contribution in [0.5, 0.6) is 0 Å². The van der Waals surface area contributed by atoms with Crippen LogP contribution in [0.3, 0.4) is 0 Å². The molecule has 0 bridgehead atoms. The molecule has 3 amide bonds. The number of carbonyl (C=O) groups excluding carboxylic acids is 3. The number of halogens is 2. The lowest BCUT2D eigenvalue weighted by Gasteiger charge is -2.37. The third-order valence-electron chi connectivity index (χ3n) is 8.85. The summed E-state index contributed by atoms with van der Waals surface area (Å²) < 4.78 is 8.30. The van der Waals surface area contributed by atoms with Gasteiger partial charge in [0, 0.05) is 67.6 Å². The quantitative estimate of drug-likeness (QED) is 0.179. The van der Waals surface area contributed by atoms with E-state index in [1.54, 1.807) is 6.92 Å². The van der Waals surface area contributed by atoms with Crippen LogP contribution in [0.15, 0.2) is 76.4 Å². The molecule has 1 aromatic heterocycles. The number of nitrogens with zero attached hydrogens (tertiary/aromatic N) is 4. The SMILES string of the molecule is CC(=O)N(Sc1nc(-c2cccc(NC(=O)[C@@H]3Cc4ccccc4CN3C(=O)OC(C)(C)C)c2)cs1)C1CCN(Cc2ccc(Cl)c(Cl)c2)CC1. The summed E-state index contributed by atoms with van der Waals surface area (Å²) in [6, 6.07) is 20.5. The van der Waals surface area contributed by atoms with Crippen LogP contribution in [-0.4, -0.2) is 67.8 Å². The van der Waals surface area contributed by atoms with Gasteiger partial charge >= 0.3 is 6.09 Å². The van der Waals surface area contributed by atoms with Crippen molar-refractivity contribution in [1.29, 1.82) is 0 Å². The van der Waals surface area contributed by atoms with Crippen LogP contribution < -0.4 is 5.32 Å². The molecular formula is C38H41Cl2N5O4S2. The normalized spacial score (nSPS) is 16.7. The fourth-order valence-electron chi connectivity index (χ4n) is 6.37. The lowest BCUT2D eigenvalue weighted by molar-refractivity contribution is -0.126. The van der Waals surface area contributed by atoms with Crippen molar-refractivity contribution in [3.05, 3.63) is 98.8 Å². The number of nitrogens with one attached hydrogen (secondary N) is 1. The Morgan fingerprint density at radius 3 is 2.45 bits per heavy atom. The number of benzene rings is 3. The Morgan fingerprint density at radius 1 is 1.00 bits per heavy atom. The van der Waals surface area contributed by atoms with Crippen molar-refractivity contribution in [2.24, 2.45) is 0 Å². The number of aromatic nitrogens is 1. The fourth-order valence-corrected chi connectivity index (χ4v) is 8.60. The van der Waals surface area contributed by atoms with Gasteiger partial charge in [0.05, 0.1) is 22.3 Å². The van der Waals surface area contributed by atoms with E-state index in [0.29, 0.717) is 22.2 Å². The van der Waals surface area contributed by atoms with Crippen LogP contribution in [-0.2, 0) is 33.8 Å². The number of rotatable bonds is 8. The molecule has 268 valence electrons. The third kappa shape index (κ3) is 9.44. The second-order valence-corrected chi connectivity index (χ2v) is 16.8. The van der Waals surface area contributed by atoms with Crippen LogP contribution in [0.25, 0.3) is 11.3 Å². The van der Waals surface area contributed by atoms with Gasteiger partial charge in [-0.05, 0) is 74.6 Å². The van der Waals surface area contributed by atoms with Crippen LogP contribution in [0, 0.1) is 0 Å². The first kappa shape index (κ1) is 37.2. The lowest BCUT2D eigenvalue weighted by Crippen LogP contribution is -2.52. The fraction of sp³-hybridized carbons (Fsp3) is 0.368. The number of likely N-dealkylation sites (tertiary alicyclic amines) is 1. The van der Waals surface area contributed by atoms with Gasteiger partial charge in [-0.2, -0.15) is 0 Å². The highest BCUT2D eigenvalue weighted by Gasteiger charge is 2.37. The Labute approximate surface area is 317 Å². The minimum Gasteiger partial charge on any atom is -0.444 e. The standard InChI is InChI=1S/C38H41Cl2N5O4S2/c1-24(46)45(30-14-16-43(17-15-30)21-25-12-13-31(39)32(40)18-25)51-36-42-33(23-50-36)27-10-7-11-29(19-27)41-35(47)34-20-26-8-5-6-9-28(26)22-44(34)37(48)49-38(2,3)4/h5-13,18-19,23,30,34H,14-17,20-22H2,1-4H3,(H,41,47)/t34-/m0/s1. The highest BCUT2D eigenvalue weighted by molar-refractivity contribution is 7.99. The number of hydrogen-bond acceptors (Lipinski definition) is 8. The molecule has 13 heteroatoms. The molecule has 0 saturated carbocycles. The number of ether oxygens (including phenoxy) is 1. The predicted molar refractivity (Wildman–Crippen MR) is 205 cm³/mol. The maximum Gasteiger partial charge on any atom is 0.411 e. The molecule has 0 radical (unpaired) electrons. The molecule has 9 nitrogen and oxygen atoms in total. The summed E-state index contributed by atoms with van der Waals surface area (Å²) in [5.41, 5.74) is 4.64. The van der Waals surface area contributed by atoms with Gasteiger partial charge in [0.15, 0.2) is 4.34 Å². The van der Waals surface area contributed by atoms with Gasteiger partial charge in [0.25, 0.3) is 0 Å². The molecule has 3 heterocycles. The molecule has 0 spiro atoms. The maximum absolute atomic E-state index is 13.8. The summed E-state index contributed by atoms with van der Waals surface area (Å²) in [6.45, 7) is 9.84. The van der Waals surface area contributed by atoms with E-state index in [1.807, 2.05) is 97.2 Å². The van der Waals surface area contributed by atoms with Crippen LogP contribution in [0.1, 0.15) is 57.2 Å². The van der Waals surface area contributed by atoms with E-state index in [1.165, 1.54) is 28.2 Å². The van der Waals surface area contributed by atoms with Gasteiger partial charge in [-0.1, -0.05) is 65.7 Å². The van der Waals surface area contributed by atoms with Crippen LogP contribution in [0.2, 0.25) is 10.0 Å². The molecule has 1 fully saturated rings. The molecule has 2 aliphatic rings. The van der Waals surface area contributed by atoms with E-state index in [2.05, 4.69) is 10.2 Å². The molecule has 1 atom stereocenters. The van der Waals surface area contributed by atoms with E-state index in [-0.39, 0.29) is 24.4 Å². The second kappa shape index (κ2) is 16.0. The summed E-state index contributed by atoms with van der Waals surface area (Å²) in [5.74, 6) is -0.294. The molecule has 0 unspecified atom stereocenters. The van der Waals surface area contributed by atoms with Crippen LogP contribution in [0.4, 0.5) is 10.5 Å². The first-order valence-electron chi connectivity index (χ1n) is 16.9. The average Bonchev–Trinajstić information content (AvgIpc) is 3.57. The van der Waals surface area contributed by atoms with Gasteiger partial charge in [-0.25, -0.2) is 9.78 Å². The molecule has 51 heavy (non-hydrogen) atoms. The van der Waals surface area contributed by atoms with E-state index in [0.717, 1.165) is 64.8 Å². The van der Waals surface area contributed by atoms with Gasteiger partial charge in [-0.3, -0.25) is 23.7 Å². The Hall–Kier alpha value is -3.61. The summed E-state index contributed by atoms with van der Waals surface area (Å²) >= 11 is 15.2. The summed E-state index contributed by atoms with van der Waals surface area (Å²) in [7, 11) is 0. The highest BCUT2D eigenvalue weighted by Crippen LogP contribution is 2.35. The summed E-state index contributed by atoms with van der Waals surface area (Å²) in [4.78, 5) is 48.5. The zero-order chi connectivity index (χ0) is 36.3. The smallest absolute Gasteiger partial charge is 0.411 e. The summed E-state index contributed by atoms with van der Waals surface area (Å²) in [5, 5.41) is 6.10. The Balaban J connectivity index is 1.09. The molecule has 1 saturated heterocycles. The van der Waals surface area contributed by atoms with E-state index < -0.39 is 17.7 Å². The van der Waals surface area contributed by atoms with Crippen molar-refractivity contribution in [3.63, 3.8) is 0 Å². The van der Waals surface area contributed by atoms with Gasteiger partial charge in [0.1, 0.15) is 11.6 Å². The Kier molecular flexibility index (Phi) is 11.6. The molecule has 1 N–H and O–H groups in total. The Morgan fingerprint density at radius 2 is 1.75 bits per heavy atom. The zero-order valence-corrected chi connectivity index (χ0v) is 32.2. The topological polar surface area (TPSA) is 95.1 Å². The number of piperidine rings is 1. The van der Waals surface area contributed by atoms with E-state index in [9.17, 15) is 14.4 Å². The first-order valence-corrected chi connectivity index (χ1v) is 19.3. The van der Waals surface area contributed by atoms with E-state index in [4.69, 9.17) is 32.9 Å². The molecule has 2 aliphatic heterocycles. The predicted octanol–water partition coefficient (Wildman–Crippen LogP) is 8.94. The first-order chi connectivity index (χ1) is 24.3. The molecular weight excluding hydrogens is 725 g/mol. The van der Waals surface area contributed by atoms with Crippen molar-refractivity contribution in [2.45, 2.75) is 82.1 Å². The van der Waals surface area contributed by atoms with Crippen molar-refractivity contribution in [3.8, 4) is 11.3 Å². The maximum atomic E-state index is 13.8. The average molecular weight is 767 g/mol. The summed E-state index contributed by atoms with van der Waals surface area (Å²) in [6.07, 6.45) is 1.57. The third-order valence-corrected chi connectivity index (χ3v) is 11.7. The van der Waals surface area contributed by atoms with Crippen molar-refractivity contribution in [1.82, 2.24) is 19.1 Å². The number of hydrogen-bond donors (Lipinski definition) is 1. The number of fused-ring (bicyclic) bond motifs is 1. The number of thiazole rings is 1. The highest BCUT2D eigenvalue weighted by atomic mass is 35.5. The second-order valence-electron chi connectivity index (χ2n) is 13.9. The molecule has 4 aromatic rings. The molecule has 0 aliphatic carbocycles. The lowest BCUT2D eigenvalue weighted by atomic mass is 9.93. The minimum atomic E-state index is -0.735. The largest absolute Gasteiger partial charge is 0.444 e. The van der Waals surface area contributed by atoms with Crippen molar-refractivity contribution < 1.29 is 19.1 Å².